The SMILES string of the molecule is Cc1cc2ncc(C#N)c(N3CCCN(S(N)(=O)=O)CC3)c2cc1C. The molecule has 8 heteroatoms. The number of fused-ring (bicyclic) bond motifs is 1. The Morgan fingerprint density at radius 3 is 2.56 bits per heavy atom. The van der Waals surface area contributed by atoms with Gasteiger partial charge in [0.2, 0.25) is 0 Å². The van der Waals surface area contributed by atoms with E-state index in [1.807, 2.05) is 19.9 Å². The van der Waals surface area contributed by atoms with Gasteiger partial charge < -0.3 is 4.90 Å². The average Bonchev–Trinajstić information content (AvgIpc) is 2.80. The van der Waals surface area contributed by atoms with E-state index >= 15 is 0 Å². The lowest BCUT2D eigenvalue weighted by Crippen LogP contribution is -2.39. The number of anilines is 1. The molecule has 0 saturated carbocycles. The van der Waals surface area contributed by atoms with Crippen LogP contribution in [-0.4, -0.2) is 43.9 Å². The second kappa shape index (κ2) is 6.59. The van der Waals surface area contributed by atoms with Gasteiger partial charge in [-0.25, -0.2) is 5.14 Å². The number of pyridine rings is 1. The fourth-order valence-electron chi connectivity index (χ4n) is 3.23. The van der Waals surface area contributed by atoms with Crippen molar-refractivity contribution in [2.75, 3.05) is 31.1 Å². The minimum absolute atomic E-state index is 0.304. The molecule has 3 rings (SSSR count). The van der Waals surface area contributed by atoms with E-state index in [1.165, 1.54) is 4.31 Å². The minimum Gasteiger partial charge on any atom is -0.368 e. The first-order chi connectivity index (χ1) is 11.8. The van der Waals surface area contributed by atoms with Gasteiger partial charge in [0.05, 0.1) is 16.8 Å². The van der Waals surface area contributed by atoms with E-state index in [-0.39, 0.29) is 0 Å². The van der Waals surface area contributed by atoms with Crippen LogP contribution in [0.5, 0.6) is 0 Å². The molecule has 0 unspecified atom stereocenters. The Hall–Kier alpha value is -2.21. The maximum Gasteiger partial charge on any atom is 0.276 e. The van der Waals surface area contributed by atoms with E-state index in [2.05, 4.69) is 22.0 Å². The molecule has 1 fully saturated rings. The summed E-state index contributed by atoms with van der Waals surface area (Å²) in [4.78, 5) is 6.48. The van der Waals surface area contributed by atoms with Gasteiger partial charge in [0.25, 0.3) is 10.2 Å². The van der Waals surface area contributed by atoms with Crippen LogP contribution in [0.3, 0.4) is 0 Å². The number of rotatable bonds is 2. The summed E-state index contributed by atoms with van der Waals surface area (Å²) in [7, 11) is -3.70. The third-order valence-electron chi connectivity index (χ3n) is 4.71. The third-order valence-corrected chi connectivity index (χ3v) is 5.79. The summed E-state index contributed by atoms with van der Waals surface area (Å²) in [5.41, 5.74) is 4.44. The molecule has 2 aromatic rings. The predicted molar refractivity (Wildman–Crippen MR) is 97.4 cm³/mol. The summed E-state index contributed by atoms with van der Waals surface area (Å²) in [5.74, 6) is 0. The van der Waals surface area contributed by atoms with Gasteiger partial charge in [-0.05, 0) is 43.5 Å². The van der Waals surface area contributed by atoms with Crippen molar-refractivity contribution in [1.82, 2.24) is 9.29 Å². The van der Waals surface area contributed by atoms with Crippen LogP contribution in [0.15, 0.2) is 18.3 Å². The normalized spacial score (nSPS) is 16.6. The standard InChI is InChI=1S/C17H21N5O2S/c1-12-8-15-16(9-13(12)2)20-11-14(10-18)17(15)21-4-3-5-22(7-6-21)25(19,23)24/h8-9,11H,3-7H2,1-2H3,(H2,19,23,24). The lowest BCUT2D eigenvalue weighted by atomic mass is 10.0. The van der Waals surface area contributed by atoms with Crippen LogP contribution in [-0.2, 0) is 10.2 Å². The number of benzene rings is 1. The quantitative estimate of drug-likeness (QED) is 0.874. The number of nitrogens with zero attached hydrogens (tertiary/aromatic N) is 4. The topological polar surface area (TPSA) is 103 Å². The van der Waals surface area contributed by atoms with Gasteiger partial charge in [-0.15, -0.1) is 0 Å². The smallest absolute Gasteiger partial charge is 0.276 e. The van der Waals surface area contributed by atoms with Crippen molar-refractivity contribution in [3.8, 4) is 6.07 Å². The molecule has 2 N–H and O–H groups in total. The van der Waals surface area contributed by atoms with E-state index in [0.717, 1.165) is 27.7 Å². The van der Waals surface area contributed by atoms with Gasteiger partial charge in [0.15, 0.2) is 0 Å². The zero-order valence-corrected chi connectivity index (χ0v) is 15.2. The van der Waals surface area contributed by atoms with Crippen LogP contribution >= 0.6 is 0 Å². The number of aromatic nitrogens is 1. The zero-order valence-electron chi connectivity index (χ0n) is 14.4. The third kappa shape index (κ3) is 3.44. The molecule has 1 saturated heterocycles. The summed E-state index contributed by atoms with van der Waals surface area (Å²) in [5, 5.41) is 15.7. The van der Waals surface area contributed by atoms with Gasteiger partial charge >= 0.3 is 0 Å². The molecular weight excluding hydrogens is 338 g/mol. The van der Waals surface area contributed by atoms with Crippen LogP contribution in [0.4, 0.5) is 5.69 Å². The summed E-state index contributed by atoms with van der Waals surface area (Å²) in [6.07, 6.45) is 2.24. The monoisotopic (exact) mass is 359 g/mol. The van der Waals surface area contributed by atoms with Gasteiger partial charge in [-0.2, -0.15) is 18.0 Å². The van der Waals surface area contributed by atoms with Crippen molar-refractivity contribution >= 4 is 26.8 Å². The number of hydrogen-bond donors (Lipinski definition) is 1. The molecule has 1 aliphatic rings. The van der Waals surface area contributed by atoms with Crippen molar-refractivity contribution in [3.63, 3.8) is 0 Å². The maximum absolute atomic E-state index is 11.6. The second-order valence-electron chi connectivity index (χ2n) is 6.37. The predicted octanol–water partition coefficient (Wildman–Crippen LogP) is 1.44. The lowest BCUT2D eigenvalue weighted by molar-refractivity contribution is 0.434. The van der Waals surface area contributed by atoms with E-state index in [1.54, 1.807) is 6.20 Å². The second-order valence-corrected chi connectivity index (χ2v) is 7.92. The Labute approximate surface area is 147 Å². The number of nitrogens with two attached hydrogens (primary N) is 1. The summed E-state index contributed by atoms with van der Waals surface area (Å²) < 4.78 is 24.5. The molecule has 25 heavy (non-hydrogen) atoms. The Morgan fingerprint density at radius 2 is 1.88 bits per heavy atom. The molecular formula is C17H21N5O2S. The summed E-state index contributed by atoms with van der Waals surface area (Å²) >= 11 is 0. The Kier molecular flexibility index (Phi) is 4.64. The highest BCUT2D eigenvalue weighted by Crippen LogP contribution is 2.32. The maximum atomic E-state index is 11.6. The van der Waals surface area contributed by atoms with Crippen LogP contribution < -0.4 is 10.0 Å². The van der Waals surface area contributed by atoms with Gasteiger partial charge in [-0.3, -0.25) is 4.98 Å². The van der Waals surface area contributed by atoms with E-state index in [4.69, 9.17) is 5.14 Å². The van der Waals surface area contributed by atoms with Crippen LogP contribution in [0.2, 0.25) is 0 Å². The molecule has 0 aliphatic carbocycles. The first-order valence-electron chi connectivity index (χ1n) is 8.14. The number of nitriles is 1. The van der Waals surface area contributed by atoms with Crippen molar-refractivity contribution in [2.24, 2.45) is 5.14 Å². The highest BCUT2D eigenvalue weighted by atomic mass is 32.2. The first kappa shape index (κ1) is 17.6. The van der Waals surface area contributed by atoms with Gasteiger partial charge in [-0.1, -0.05) is 0 Å². The average molecular weight is 359 g/mol. The molecule has 0 bridgehead atoms. The van der Waals surface area contributed by atoms with Crippen LogP contribution in [0.1, 0.15) is 23.1 Å². The molecule has 1 aliphatic heterocycles. The van der Waals surface area contributed by atoms with Crippen molar-refractivity contribution in [1.29, 1.82) is 5.26 Å². The first-order valence-corrected chi connectivity index (χ1v) is 9.64. The Balaban J connectivity index is 2.08. The zero-order chi connectivity index (χ0) is 18.2. The van der Waals surface area contributed by atoms with Crippen molar-refractivity contribution in [2.45, 2.75) is 20.3 Å². The lowest BCUT2D eigenvalue weighted by Gasteiger charge is -2.25. The van der Waals surface area contributed by atoms with Crippen molar-refractivity contribution in [3.05, 3.63) is 35.0 Å². The highest BCUT2D eigenvalue weighted by molar-refractivity contribution is 7.86. The molecule has 132 valence electrons. The fraction of sp³-hybridized carbons (Fsp3) is 0.412. The molecule has 0 spiro atoms. The molecule has 0 radical (unpaired) electrons. The Bertz CT molecular complexity index is 965. The van der Waals surface area contributed by atoms with Gasteiger partial charge in [0, 0.05) is 37.8 Å². The van der Waals surface area contributed by atoms with Crippen molar-refractivity contribution < 1.29 is 8.42 Å². The molecule has 7 nitrogen and oxygen atoms in total. The van der Waals surface area contributed by atoms with E-state index in [9.17, 15) is 13.7 Å². The largest absolute Gasteiger partial charge is 0.368 e. The summed E-state index contributed by atoms with van der Waals surface area (Å²) in [6.45, 7) is 5.90. The Morgan fingerprint density at radius 1 is 1.16 bits per heavy atom. The van der Waals surface area contributed by atoms with E-state index in [0.29, 0.717) is 38.2 Å². The number of aryl methyl sites for hydroxylation is 2. The number of hydrogen-bond acceptors (Lipinski definition) is 5. The minimum atomic E-state index is -3.70. The van der Waals surface area contributed by atoms with E-state index < -0.39 is 10.2 Å². The highest BCUT2D eigenvalue weighted by Gasteiger charge is 2.24. The molecule has 2 heterocycles. The molecule has 1 aromatic heterocycles. The van der Waals surface area contributed by atoms with Crippen LogP contribution in [0.25, 0.3) is 10.9 Å². The molecule has 1 aromatic carbocycles. The molecule has 0 amide bonds. The van der Waals surface area contributed by atoms with Crippen LogP contribution in [0, 0.1) is 25.2 Å². The summed E-state index contributed by atoms with van der Waals surface area (Å²) in [6, 6.07) is 6.29. The fourth-order valence-corrected chi connectivity index (χ4v) is 3.95. The van der Waals surface area contributed by atoms with Gasteiger partial charge in [0.1, 0.15) is 6.07 Å². The molecule has 0 atom stereocenters.